The summed E-state index contributed by atoms with van der Waals surface area (Å²) in [5.41, 5.74) is 0. The minimum absolute atomic E-state index is 0.00504. The van der Waals surface area contributed by atoms with Gasteiger partial charge >= 0.3 is 0 Å². The molecule has 0 atom stereocenters. The van der Waals surface area contributed by atoms with E-state index in [2.05, 4.69) is 10.2 Å². The van der Waals surface area contributed by atoms with Crippen LogP contribution in [-0.2, 0) is 13.7 Å². The van der Waals surface area contributed by atoms with Gasteiger partial charge in [-0.25, -0.2) is 0 Å². The third kappa shape index (κ3) is 2.92. The van der Waals surface area contributed by atoms with Gasteiger partial charge in [-0.3, -0.25) is 4.79 Å². The first-order valence-electron chi connectivity index (χ1n) is 5.02. The number of nitrogens with zero attached hydrogens (tertiary/aromatic N) is 3. The van der Waals surface area contributed by atoms with Gasteiger partial charge in [-0.1, -0.05) is 23.4 Å². The second-order valence-corrected chi connectivity index (χ2v) is 6.09. The highest BCUT2D eigenvalue weighted by Gasteiger charge is 2.13. The van der Waals surface area contributed by atoms with Gasteiger partial charge in [0.1, 0.15) is 6.61 Å². The fourth-order valence-electron chi connectivity index (χ4n) is 1.27. The lowest BCUT2D eigenvalue weighted by atomic mass is 10.4. The number of aromatic nitrogens is 3. The Morgan fingerprint density at radius 2 is 2.33 bits per heavy atom. The second-order valence-electron chi connectivity index (χ2n) is 3.43. The molecule has 0 fully saturated rings. The summed E-state index contributed by atoms with van der Waals surface area (Å²) in [5, 5.41) is 17.3. The molecule has 0 spiro atoms. The van der Waals surface area contributed by atoms with Crippen LogP contribution < -0.4 is 0 Å². The summed E-state index contributed by atoms with van der Waals surface area (Å²) >= 11 is 8.33. The second kappa shape index (κ2) is 5.83. The number of hydrogen-bond donors (Lipinski definition) is 1. The van der Waals surface area contributed by atoms with Crippen molar-refractivity contribution in [3.63, 3.8) is 0 Å². The fraction of sp³-hybridized carbons (Fsp3) is 0.300. The maximum Gasteiger partial charge on any atom is 0.191 e. The number of ketones is 1. The van der Waals surface area contributed by atoms with Crippen LogP contribution in [0.4, 0.5) is 0 Å². The highest BCUT2D eigenvalue weighted by molar-refractivity contribution is 7.99. The Labute approximate surface area is 117 Å². The lowest BCUT2D eigenvalue weighted by molar-refractivity contribution is 0.102. The van der Waals surface area contributed by atoms with E-state index in [1.807, 2.05) is 0 Å². The summed E-state index contributed by atoms with van der Waals surface area (Å²) in [6.45, 7) is -0.168. The van der Waals surface area contributed by atoms with Crippen LogP contribution >= 0.6 is 34.7 Å². The molecule has 0 unspecified atom stereocenters. The summed E-state index contributed by atoms with van der Waals surface area (Å²) in [4.78, 5) is 12.5. The molecule has 2 rings (SSSR count). The van der Waals surface area contributed by atoms with E-state index in [1.165, 1.54) is 23.1 Å². The molecule has 0 saturated carbocycles. The van der Waals surface area contributed by atoms with Crippen molar-refractivity contribution in [2.24, 2.45) is 7.05 Å². The number of Topliss-reactive ketones (excluding diaryl/α,β-unsaturated/α-hetero) is 1. The molecule has 0 saturated heterocycles. The maximum atomic E-state index is 11.8. The van der Waals surface area contributed by atoms with Gasteiger partial charge in [-0.05, 0) is 12.1 Å². The molecule has 0 radical (unpaired) electrons. The monoisotopic (exact) mass is 303 g/mol. The van der Waals surface area contributed by atoms with Gasteiger partial charge in [-0.15, -0.1) is 21.5 Å². The zero-order valence-electron chi connectivity index (χ0n) is 9.46. The highest BCUT2D eigenvalue weighted by atomic mass is 35.5. The zero-order chi connectivity index (χ0) is 13.1. The van der Waals surface area contributed by atoms with Gasteiger partial charge in [0.25, 0.3) is 0 Å². The summed E-state index contributed by atoms with van der Waals surface area (Å²) in [7, 11) is 1.75. The Morgan fingerprint density at radius 1 is 1.56 bits per heavy atom. The van der Waals surface area contributed by atoms with E-state index in [-0.39, 0.29) is 18.1 Å². The fourth-order valence-corrected chi connectivity index (χ4v) is 3.16. The minimum atomic E-state index is -0.168. The van der Waals surface area contributed by atoms with Crippen molar-refractivity contribution in [2.75, 3.05) is 5.75 Å². The standard InChI is InChI=1S/C10H10ClN3O2S2/c1-14-9(4-15)12-13-10(14)17-5-6(16)7-2-3-8(11)18-7/h2-3,15H,4-5H2,1H3. The number of hydrogen-bond acceptors (Lipinski definition) is 6. The van der Waals surface area contributed by atoms with E-state index < -0.39 is 0 Å². The summed E-state index contributed by atoms with van der Waals surface area (Å²) < 4.78 is 2.27. The average molecular weight is 304 g/mol. The molecular weight excluding hydrogens is 294 g/mol. The van der Waals surface area contributed by atoms with E-state index in [9.17, 15) is 4.79 Å². The smallest absolute Gasteiger partial charge is 0.191 e. The first-order chi connectivity index (χ1) is 8.61. The van der Waals surface area contributed by atoms with Gasteiger partial charge in [0, 0.05) is 7.05 Å². The van der Waals surface area contributed by atoms with Crippen LogP contribution in [0.3, 0.4) is 0 Å². The minimum Gasteiger partial charge on any atom is -0.388 e. The van der Waals surface area contributed by atoms with Crippen molar-refractivity contribution in [2.45, 2.75) is 11.8 Å². The first-order valence-corrected chi connectivity index (χ1v) is 7.20. The van der Waals surface area contributed by atoms with Crippen LogP contribution in [0, 0.1) is 0 Å². The summed E-state index contributed by atoms with van der Waals surface area (Å²) in [5.74, 6) is 0.753. The molecule has 2 aromatic heterocycles. The van der Waals surface area contributed by atoms with E-state index in [0.717, 1.165) is 0 Å². The molecule has 0 amide bonds. The lowest BCUT2D eigenvalue weighted by Crippen LogP contribution is -2.02. The maximum absolute atomic E-state index is 11.8. The zero-order valence-corrected chi connectivity index (χ0v) is 11.8. The predicted molar refractivity (Wildman–Crippen MR) is 71.3 cm³/mol. The molecule has 2 heterocycles. The van der Waals surface area contributed by atoms with Crippen molar-refractivity contribution in [3.05, 3.63) is 27.2 Å². The third-order valence-electron chi connectivity index (χ3n) is 2.25. The van der Waals surface area contributed by atoms with E-state index in [1.54, 1.807) is 23.7 Å². The molecule has 1 N–H and O–H groups in total. The molecule has 96 valence electrons. The predicted octanol–water partition coefficient (Wildman–Crippen LogP) is 2.00. The first kappa shape index (κ1) is 13.5. The van der Waals surface area contributed by atoms with Crippen LogP contribution in [0.2, 0.25) is 4.34 Å². The summed E-state index contributed by atoms with van der Waals surface area (Å²) in [6, 6.07) is 3.42. The molecule has 18 heavy (non-hydrogen) atoms. The molecular formula is C10H10ClN3O2S2. The van der Waals surface area contributed by atoms with Crippen molar-refractivity contribution in [3.8, 4) is 0 Å². The van der Waals surface area contributed by atoms with Crippen molar-refractivity contribution in [1.29, 1.82) is 0 Å². The number of carbonyl (C=O) groups is 1. The molecule has 5 nitrogen and oxygen atoms in total. The van der Waals surface area contributed by atoms with Crippen LogP contribution in [0.25, 0.3) is 0 Å². The number of thioether (sulfide) groups is 1. The normalized spacial score (nSPS) is 10.8. The van der Waals surface area contributed by atoms with Gasteiger partial charge in [0.15, 0.2) is 16.8 Å². The largest absolute Gasteiger partial charge is 0.388 e. The Bertz CT molecular complexity index is 567. The van der Waals surface area contributed by atoms with E-state index in [4.69, 9.17) is 16.7 Å². The third-order valence-corrected chi connectivity index (χ3v) is 4.54. The van der Waals surface area contributed by atoms with E-state index in [0.29, 0.717) is 20.2 Å². The Kier molecular flexibility index (Phi) is 4.39. The molecule has 0 aromatic carbocycles. The molecule has 0 aliphatic heterocycles. The average Bonchev–Trinajstić information content (AvgIpc) is 2.93. The topological polar surface area (TPSA) is 68.0 Å². The molecule has 0 bridgehead atoms. The number of rotatable bonds is 5. The van der Waals surface area contributed by atoms with Crippen LogP contribution in [0.15, 0.2) is 17.3 Å². The number of aliphatic hydroxyl groups is 1. The lowest BCUT2D eigenvalue weighted by Gasteiger charge is -2.00. The Morgan fingerprint density at radius 3 is 2.89 bits per heavy atom. The number of halogens is 1. The molecule has 2 aromatic rings. The van der Waals surface area contributed by atoms with Crippen LogP contribution in [0.5, 0.6) is 0 Å². The Balaban J connectivity index is 1.99. The number of carbonyl (C=O) groups excluding carboxylic acids is 1. The molecule has 0 aliphatic rings. The Hall–Kier alpha value is -0.890. The molecule has 8 heteroatoms. The summed E-state index contributed by atoms with van der Waals surface area (Å²) in [6.07, 6.45) is 0. The van der Waals surface area contributed by atoms with Crippen LogP contribution in [0.1, 0.15) is 15.5 Å². The van der Waals surface area contributed by atoms with Crippen molar-refractivity contribution < 1.29 is 9.90 Å². The van der Waals surface area contributed by atoms with Crippen LogP contribution in [-0.4, -0.2) is 31.4 Å². The quantitative estimate of drug-likeness (QED) is 0.676. The van der Waals surface area contributed by atoms with Crippen molar-refractivity contribution in [1.82, 2.24) is 14.8 Å². The van der Waals surface area contributed by atoms with Gasteiger partial charge < -0.3 is 9.67 Å². The SMILES string of the molecule is Cn1c(CO)nnc1SCC(=O)c1ccc(Cl)s1. The number of thiophene rings is 1. The highest BCUT2D eigenvalue weighted by Crippen LogP contribution is 2.24. The van der Waals surface area contributed by atoms with Crippen molar-refractivity contribution >= 4 is 40.5 Å². The van der Waals surface area contributed by atoms with E-state index >= 15 is 0 Å². The van der Waals surface area contributed by atoms with Gasteiger partial charge in [0.2, 0.25) is 0 Å². The van der Waals surface area contributed by atoms with Gasteiger partial charge in [0.05, 0.1) is 15.0 Å². The number of aliphatic hydroxyl groups excluding tert-OH is 1. The molecule has 0 aliphatic carbocycles. The van der Waals surface area contributed by atoms with Gasteiger partial charge in [-0.2, -0.15) is 0 Å².